The van der Waals surface area contributed by atoms with E-state index >= 15 is 0 Å². The monoisotopic (exact) mass is 279 g/mol. The number of nitro groups is 1. The average Bonchev–Trinajstić information content (AvgIpc) is 2.43. The third kappa shape index (κ3) is 5.47. The molecule has 1 aromatic carbocycles. The minimum absolute atomic E-state index is 0.0263. The summed E-state index contributed by atoms with van der Waals surface area (Å²) in [7, 11) is 0. The van der Waals surface area contributed by atoms with Gasteiger partial charge in [-0.25, -0.2) is 5.43 Å². The van der Waals surface area contributed by atoms with Gasteiger partial charge in [-0.15, -0.1) is 0 Å². The topological polar surface area (TPSA) is 93.8 Å². The Hall–Kier alpha value is -2.44. The van der Waals surface area contributed by atoms with Crippen molar-refractivity contribution in [2.75, 3.05) is 6.61 Å². The number of rotatable bonds is 7. The molecule has 0 radical (unpaired) electrons. The van der Waals surface area contributed by atoms with Crippen LogP contribution in [0.3, 0.4) is 0 Å². The van der Waals surface area contributed by atoms with Crippen molar-refractivity contribution in [2.24, 2.45) is 5.10 Å². The van der Waals surface area contributed by atoms with Crippen molar-refractivity contribution >= 4 is 17.3 Å². The van der Waals surface area contributed by atoms with Crippen LogP contribution in [0, 0.1) is 10.1 Å². The van der Waals surface area contributed by atoms with Gasteiger partial charge in [0.2, 0.25) is 0 Å². The maximum Gasteiger partial charge on any atom is 0.277 e. The minimum Gasteiger partial charge on any atom is -0.484 e. The molecule has 0 spiro atoms. The number of hydrazone groups is 1. The zero-order valence-corrected chi connectivity index (χ0v) is 11.5. The van der Waals surface area contributed by atoms with Crippen LogP contribution in [0.25, 0.3) is 0 Å². The molecule has 0 fully saturated rings. The molecule has 1 N–H and O–H groups in total. The van der Waals surface area contributed by atoms with Crippen molar-refractivity contribution in [1.82, 2.24) is 5.43 Å². The van der Waals surface area contributed by atoms with Crippen molar-refractivity contribution in [3.8, 4) is 5.75 Å². The van der Waals surface area contributed by atoms with Crippen molar-refractivity contribution < 1.29 is 14.5 Å². The molecule has 7 heteroatoms. The Kier molecular flexibility index (Phi) is 6.15. The normalized spacial score (nSPS) is 11.0. The Morgan fingerprint density at radius 1 is 1.40 bits per heavy atom. The van der Waals surface area contributed by atoms with Gasteiger partial charge in [0, 0.05) is 17.8 Å². The van der Waals surface area contributed by atoms with Gasteiger partial charge in [0.1, 0.15) is 5.75 Å². The zero-order chi connectivity index (χ0) is 15.0. The molecule has 0 aliphatic rings. The SMILES string of the molecule is CCC/C(C)=N/NC(=O)COc1ccc([N+](=O)[O-])cc1. The number of hydrogen-bond acceptors (Lipinski definition) is 5. The van der Waals surface area contributed by atoms with Gasteiger partial charge < -0.3 is 4.74 Å². The number of nitrogens with one attached hydrogen (secondary N) is 1. The van der Waals surface area contributed by atoms with Crippen LogP contribution in [0.1, 0.15) is 26.7 Å². The lowest BCUT2D eigenvalue weighted by molar-refractivity contribution is -0.384. The van der Waals surface area contributed by atoms with E-state index in [1.807, 2.05) is 13.8 Å². The summed E-state index contributed by atoms with van der Waals surface area (Å²) in [5.41, 5.74) is 3.20. The van der Waals surface area contributed by atoms with Crippen LogP contribution in [-0.4, -0.2) is 23.1 Å². The van der Waals surface area contributed by atoms with Crippen LogP contribution in [0.2, 0.25) is 0 Å². The molecule has 108 valence electrons. The second-order valence-electron chi connectivity index (χ2n) is 4.17. The fourth-order valence-electron chi connectivity index (χ4n) is 1.42. The Morgan fingerprint density at radius 2 is 2.05 bits per heavy atom. The van der Waals surface area contributed by atoms with E-state index in [-0.39, 0.29) is 18.2 Å². The van der Waals surface area contributed by atoms with Crippen molar-refractivity contribution in [3.05, 3.63) is 34.4 Å². The Labute approximate surface area is 116 Å². The predicted octanol–water partition coefficient (Wildman–Crippen LogP) is 2.27. The van der Waals surface area contributed by atoms with Gasteiger partial charge in [0.05, 0.1) is 4.92 Å². The van der Waals surface area contributed by atoms with Crippen LogP contribution in [0.5, 0.6) is 5.75 Å². The molecule has 0 bridgehead atoms. The van der Waals surface area contributed by atoms with Crippen LogP contribution in [0.15, 0.2) is 29.4 Å². The Morgan fingerprint density at radius 3 is 2.60 bits per heavy atom. The average molecular weight is 279 g/mol. The van der Waals surface area contributed by atoms with Crippen LogP contribution >= 0.6 is 0 Å². The standard InChI is InChI=1S/C13H17N3O4/c1-3-4-10(2)14-15-13(17)9-20-12-7-5-11(6-8-12)16(18)19/h5-8H,3-4,9H2,1-2H3,(H,15,17)/b14-10+. The summed E-state index contributed by atoms with van der Waals surface area (Å²) in [6, 6.07) is 5.52. The van der Waals surface area contributed by atoms with Gasteiger partial charge in [0.15, 0.2) is 6.61 Å². The van der Waals surface area contributed by atoms with Crippen LogP contribution < -0.4 is 10.2 Å². The third-order valence-corrected chi connectivity index (χ3v) is 2.40. The molecule has 0 aliphatic heterocycles. The Balaban J connectivity index is 2.41. The highest BCUT2D eigenvalue weighted by molar-refractivity contribution is 5.84. The summed E-state index contributed by atoms with van der Waals surface area (Å²) in [4.78, 5) is 21.4. The number of benzene rings is 1. The van der Waals surface area contributed by atoms with E-state index in [4.69, 9.17) is 4.74 Å². The van der Waals surface area contributed by atoms with E-state index in [1.165, 1.54) is 24.3 Å². The van der Waals surface area contributed by atoms with E-state index < -0.39 is 4.92 Å². The number of carbonyl (C=O) groups is 1. The summed E-state index contributed by atoms with van der Waals surface area (Å²) in [5.74, 6) is 0.0128. The molecule has 0 saturated carbocycles. The lowest BCUT2D eigenvalue weighted by Crippen LogP contribution is -2.25. The molecule has 1 aromatic rings. The minimum atomic E-state index is -0.498. The fraction of sp³-hybridized carbons (Fsp3) is 0.385. The lowest BCUT2D eigenvalue weighted by atomic mass is 10.2. The molecular weight excluding hydrogens is 262 g/mol. The van der Waals surface area contributed by atoms with Gasteiger partial charge >= 0.3 is 0 Å². The first kappa shape index (κ1) is 15.6. The first-order valence-electron chi connectivity index (χ1n) is 6.22. The molecular formula is C13H17N3O4. The fourth-order valence-corrected chi connectivity index (χ4v) is 1.42. The van der Waals surface area contributed by atoms with E-state index in [9.17, 15) is 14.9 Å². The highest BCUT2D eigenvalue weighted by Gasteiger charge is 2.06. The number of ether oxygens (including phenoxy) is 1. The van der Waals surface area contributed by atoms with E-state index in [1.54, 1.807) is 0 Å². The molecule has 0 unspecified atom stereocenters. The highest BCUT2D eigenvalue weighted by Crippen LogP contribution is 2.16. The van der Waals surface area contributed by atoms with Gasteiger partial charge in [-0.05, 0) is 25.5 Å². The second kappa shape index (κ2) is 7.88. The van der Waals surface area contributed by atoms with Crippen LogP contribution in [0.4, 0.5) is 5.69 Å². The van der Waals surface area contributed by atoms with E-state index in [0.717, 1.165) is 18.6 Å². The molecule has 1 amide bonds. The summed E-state index contributed by atoms with van der Waals surface area (Å²) >= 11 is 0. The second-order valence-corrected chi connectivity index (χ2v) is 4.17. The van der Waals surface area contributed by atoms with Gasteiger partial charge in [-0.3, -0.25) is 14.9 Å². The molecule has 0 heterocycles. The van der Waals surface area contributed by atoms with E-state index in [0.29, 0.717) is 5.75 Å². The molecule has 0 aromatic heterocycles. The first-order chi connectivity index (χ1) is 9.52. The molecule has 7 nitrogen and oxygen atoms in total. The van der Waals surface area contributed by atoms with Crippen molar-refractivity contribution in [2.45, 2.75) is 26.7 Å². The quantitative estimate of drug-likeness (QED) is 0.470. The predicted molar refractivity (Wildman–Crippen MR) is 74.8 cm³/mol. The molecule has 0 atom stereocenters. The van der Waals surface area contributed by atoms with Gasteiger partial charge in [-0.1, -0.05) is 13.3 Å². The first-order valence-corrected chi connectivity index (χ1v) is 6.22. The number of non-ortho nitro benzene ring substituents is 1. The van der Waals surface area contributed by atoms with Gasteiger partial charge in [0.25, 0.3) is 11.6 Å². The maximum atomic E-state index is 11.4. The Bertz CT molecular complexity index is 497. The number of nitro benzene ring substituents is 1. The summed E-state index contributed by atoms with van der Waals surface area (Å²) in [5, 5.41) is 14.4. The molecule has 0 aliphatic carbocycles. The maximum absolute atomic E-state index is 11.4. The third-order valence-electron chi connectivity index (χ3n) is 2.40. The lowest BCUT2D eigenvalue weighted by Gasteiger charge is -2.05. The highest BCUT2D eigenvalue weighted by atomic mass is 16.6. The molecule has 20 heavy (non-hydrogen) atoms. The number of hydrogen-bond donors (Lipinski definition) is 1. The zero-order valence-electron chi connectivity index (χ0n) is 11.5. The van der Waals surface area contributed by atoms with Crippen molar-refractivity contribution in [3.63, 3.8) is 0 Å². The summed E-state index contributed by atoms with van der Waals surface area (Å²) in [6.45, 7) is 3.67. The van der Waals surface area contributed by atoms with Crippen molar-refractivity contribution in [1.29, 1.82) is 0 Å². The molecule has 1 rings (SSSR count). The smallest absolute Gasteiger partial charge is 0.277 e. The molecule has 0 saturated heterocycles. The summed E-state index contributed by atoms with van der Waals surface area (Å²) < 4.78 is 5.19. The van der Waals surface area contributed by atoms with Crippen LogP contribution in [-0.2, 0) is 4.79 Å². The number of nitrogens with zero attached hydrogens (tertiary/aromatic N) is 2. The number of carbonyl (C=O) groups excluding carboxylic acids is 1. The summed E-state index contributed by atoms with van der Waals surface area (Å²) in [6.07, 6.45) is 1.79. The van der Waals surface area contributed by atoms with Gasteiger partial charge in [-0.2, -0.15) is 5.10 Å². The number of amides is 1. The largest absolute Gasteiger partial charge is 0.484 e. The van der Waals surface area contributed by atoms with E-state index in [2.05, 4.69) is 10.5 Å².